The summed E-state index contributed by atoms with van der Waals surface area (Å²) in [6.45, 7) is 2.16. The first-order valence-corrected chi connectivity index (χ1v) is 6.49. The summed E-state index contributed by atoms with van der Waals surface area (Å²) in [7, 11) is -1.06. The number of benzene rings is 1. The zero-order chi connectivity index (χ0) is 9.31. The lowest BCUT2D eigenvalue weighted by atomic mass is 10.3. The predicted octanol–water partition coefficient (Wildman–Crippen LogP) is 1.69. The zero-order valence-electron chi connectivity index (χ0n) is 7.70. The van der Waals surface area contributed by atoms with Crippen LogP contribution in [0.3, 0.4) is 0 Å². The molecule has 1 aromatic rings. The Hall–Kier alpha value is -0.730. The molecule has 0 aliphatic carbocycles. The lowest BCUT2D eigenvalue weighted by molar-refractivity contribution is 0.542. The van der Waals surface area contributed by atoms with Crippen LogP contribution in [0.4, 0.5) is 0 Å². The molecule has 2 rings (SSSR count). The zero-order valence-corrected chi connectivity index (χ0v) is 8.52. The molecule has 70 valence electrons. The second-order valence-electron chi connectivity index (χ2n) is 3.54. The Labute approximate surface area is 80.3 Å². The van der Waals surface area contributed by atoms with Gasteiger partial charge in [0.1, 0.15) is 0 Å². The van der Waals surface area contributed by atoms with E-state index in [1.165, 1.54) is 4.90 Å². The van der Waals surface area contributed by atoms with E-state index in [0.29, 0.717) is 5.25 Å². The minimum Gasteiger partial charge on any atom is -0.314 e. The van der Waals surface area contributed by atoms with Crippen molar-refractivity contribution >= 4 is 20.9 Å². The Kier molecular flexibility index (Phi) is 2.18. The van der Waals surface area contributed by atoms with Gasteiger partial charge < -0.3 is 5.32 Å². The largest absolute Gasteiger partial charge is 0.314 e. The lowest BCUT2D eigenvalue weighted by Gasteiger charge is -2.34. The van der Waals surface area contributed by atoms with Crippen molar-refractivity contribution in [3.63, 3.8) is 0 Å². The molecule has 1 fully saturated rings. The molecule has 0 atom stereocenters. The van der Waals surface area contributed by atoms with Crippen LogP contribution >= 0.6 is 9.21 Å². The SMILES string of the molecule is C=S(=C)(c1ccccc1)C1CNC1. The van der Waals surface area contributed by atoms with Gasteiger partial charge in [-0.3, -0.25) is 0 Å². The van der Waals surface area contributed by atoms with Gasteiger partial charge in [-0.1, -0.05) is 29.9 Å². The summed E-state index contributed by atoms with van der Waals surface area (Å²) in [6.07, 6.45) is 0. The third kappa shape index (κ3) is 1.52. The fraction of sp³-hybridized carbons (Fsp3) is 0.273. The molecule has 0 radical (unpaired) electrons. The Balaban J connectivity index is 2.35. The van der Waals surface area contributed by atoms with Crippen molar-refractivity contribution in [3.05, 3.63) is 30.3 Å². The summed E-state index contributed by atoms with van der Waals surface area (Å²) < 4.78 is 0. The summed E-state index contributed by atoms with van der Waals surface area (Å²) in [5.74, 6) is 8.59. The second-order valence-corrected chi connectivity index (χ2v) is 6.56. The number of nitrogens with one attached hydrogen (secondary N) is 1. The molecule has 1 aromatic carbocycles. The minimum absolute atomic E-state index is 0.662. The maximum atomic E-state index is 4.29. The van der Waals surface area contributed by atoms with Crippen molar-refractivity contribution in [2.24, 2.45) is 0 Å². The summed E-state index contributed by atoms with van der Waals surface area (Å²) in [5.41, 5.74) is 0. The molecule has 1 heterocycles. The first-order chi connectivity index (χ1) is 6.21. The van der Waals surface area contributed by atoms with Gasteiger partial charge in [0.25, 0.3) is 0 Å². The lowest BCUT2D eigenvalue weighted by Crippen LogP contribution is -2.46. The van der Waals surface area contributed by atoms with E-state index >= 15 is 0 Å². The van der Waals surface area contributed by atoms with Gasteiger partial charge in [-0.2, -0.15) is 9.21 Å². The average molecular weight is 193 g/mol. The van der Waals surface area contributed by atoms with Crippen LogP contribution in [0, 0.1) is 0 Å². The molecule has 0 bridgehead atoms. The fourth-order valence-corrected chi connectivity index (χ4v) is 3.42. The van der Waals surface area contributed by atoms with Crippen LogP contribution in [0.5, 0.6) is 0 Å². The van der Waals surface area contributed by atoms with Crippen LogP contribution < -0.4 is 5.32 Å². The van der Waals surface area contributed by atoms with E-state index in [4.69, 9.17) is 0 Å². The topological polar surface area (TPSA) is 12.0 Å². The van der Waals surface area contributed by atoms with Crippen LogP contribution in [0.1, 0.15) is 0 Å². The standard InChI is InChI=1S/C11H15NS/c1-13(2,11-8-12-9-11)10-6-4-3-5-7-10/h3-7,11-12H,1-2,8-9H2. The minimum atomic E-state index is -1.06. The molecule has 1 saturated heterocycles. The molecule has 0 spiro atoms. The predicted molar refractivity (Wildman–Crippen MR) is 63.2 cm³/mol. The Bertz CT molecular complexity index is 374. The highest BCUT2D eigenvalue weighted by Gasteiger charge is 2.22. The highest BCUT2D eigenvalue weighted by atomic mass is 32.2. The van der Waals surface area contributed by atoms with E-state index in [9.17, 15) is 0 Å². The molecule has 2 heteroatoms. The normalized spacial score (nSPS) is 18.2. The fourth-order valence-electron chi connectivity index (χ4n) is 1.47. The number of rotatable bonds is 2. The molecule has 0 amide bonds. The van der Waals surface area contributed by atoms with E-state index in [0.717, 1.165) is 13.1 Å². The Morgan fingerprint density at radius 2 is 1.77 bits per heavy atom. The third-order valence-corrected chi connectivity index (χ3v) is 5.42. The monoisotopic (exact) mass is 193 g/mol. The first kappa shape index (κ1) is 8.85. The van der Waals surface area contributed by atoms with Gasteiger partial charge in [-0.05, 0) is 17.0 Å². The maximum Gasteiger partial charge on any atom is 0.0236 e. The van der Waals surface area contributed by atoms with Gasteiger partial charge in [0.15, 0.2) is 0 Å². The molecule has 1 aliphatic heterocycles. The molecular formula is C11H15NS. The van der Waals surface area contributed by atoms with Gasteiger partial charge >= 0.3 is 0 Å². The Morgan fingerprint density at radius 1 is 1.15 bits per heavy atom. The van der Waals surface area contributed by atoms with Gasteiger partial charge in [0.05, 0.1) is 0 Å². The van der Waals surface area contributed by atoms with Gasteiger partial charge in [0, 0.05) is 18.3 Å². The van der Waals surface area contributed by atoms with Crippen LogP contribution in [0.2, 0.25) is 0 Å². The van der Waals surface area contributed by atoms with Crippen molar-refractivity contribution in [1.82, 2.24) is 5.32 Å². The van der Waals surface area contributed by atoms with Crippen molar-refractivity contribution in [3.8, 4) is 0 Å². The average Bonchev–Trinajstić information content (AvgIpc) is 2.02. The summed E-state index contributed by atoms with van der Waals surface area (Å²) >= 11 is 0. The quantitative estimate of drug-likeness (QED) is 0.705. The third-order valence-electron chi connectivity index (χ3n) is 2.59. The van der Waals surface area contributed by atoms with Crippen molar-refractivity contribution in [2.45, 2.75) is 10.1 Å². The van der Waals surface area contributed by atoms with Crippen molar-refractivity contribution < 1.29 is 0 Å². The number of hydrogen-bond acceptors (Lipinski definition) is 1. The van der Waals surface area contributed by atoms with Gasteiger partial charge in [-0.15, -0.1) is 0 Å². The van der Waals surface area contributed by atoms with E-state index in [1.54, 1.807) is 0 Å². The molecular weight excluding hydrogens is 178 g/mol. The maximum absolute atomic E-state index is 4.29. The van der Waals surface area contributed by atoms with Crippen LogP contribution in [-0.2, 0) is 0 Å². The molecule has 0 saturated carbocycles. The van der Waals surface area contributed by atoms with Gasteiger partial charge in [0.2, 0.25) is 0 Å². The molecule has 1 nitrogen and oxygen atoms in total. The molecule has 0 unspecified atom stereocenters. The molecule has 0 aromatic heterocycles. The van der Waals surface area contributed by atoms with E-state index < -0.39 is 9.21 Å². The van der Waals surface area contributed by atoms with Crippen molar-refractivity contribution in [2.75, 3.05) is 13.1 Å². The van der Waals surface area contributed by atoms with E-state index in [1.807, 2.05) is 6.07 Å². The molecule has 1 aliphatic rings. The summed E-state index contributed by atoms with van der Waals surface area (Å²) in [4.78, 5) is 1.32. The van der Waals surface area contributed by atoms with E-state index in [-0.39, 0.29) is 0 Å². The first-order valence-electron chi connectivity index (χ1n) is 4.45. The summed E-state index contributed by atoms with van der Waals surface area (Å²) in [6, 6.07) is 10.5. The molecule has 1 N–H and O–H groups in total. The highest BCUT2D eigenvalue weighted by molar-refractivity contribution is 8.28. The van der Waals surface area contributed by atoms with Crippen LogP contribution in [0.15, 0.2) is 35.2 Å². The van der Waals surface area contributed by atoms with Crippen LogP contribution in [-0.4, -0.2) is 30.1 Å². The number of hydrogen-bond donors (Lipinski definition) is 1. The Morgan fingerprint density at radius 3 is 2.23 bits per heavy atom. The highest BCUT2D eigenvalue weighted by Crippen LogP contribution is 2.38. The van der Waals surface area contributed by atoms with E-state index in [2.05, 4.69) is 41.3 Å². The second kappa shape index (κ2) is 3.20. The summed E-state index contributed by atoms with van der Waals surface area (Å²) in [5, 5.41) is 3.94. The van der Waals surface area contributed by atoms with Crippen molar-refractivity contribution in [1.29, 1.82) is 0 Å². The van der Waals surface area contributed by atoms with Crippen LogP contribution in [0.25, 0.3) is 0 Å². The smallest absolute Gasteiger partial charge is 0.0236 e. The molecule has 13 heavy (non-hydrogen) atoms. The van der Waals surface area contributed by atoms with Gasteiger partial charge in [-0.25, -0.2) is 0 Å².